The van der Waals surface area contributed by atoms with Gasteiger partial charge in [-0.2, -0.15) is 0 Å². The molecule has 3 rings (SSSR count). The molecule has 148 valence electrons. The largest absolute Gasteiger partial charge is 0.496 e. The Morgan fingerprint density at radius 1 is 1.32 bits per heavy atom. The lowest BCUT2D eigenvalue weighted by atomic mass is 10.2. The van der Waals surface area contributed by atoms with Crippen LogP contribution in [0.4, 0.5) is 5.69 Å². The number of hydrogen-bond acceptors (Lipinski definition) is 5. The van der Waals surface area contributed by atoms with Crippen molar-refractivity contribution >= 4 is 44.9 Å². The predicted octanol–water partition coefficient (Wildman–Crippen LogP) is 4.14. The van der Waals surface area contributed by atoms with E-state index in [0.717, 1.165) is 29.6 Å². The molecule has 1 aliphatic rings. The fourth-order valence-electron chi connectivity index (χ4n) is 2.82. The number of nitrogens with one attached hydrogen (secondary N) is 2. The number of halogens is 1. The third-order valence-electron chi connectivity index (χ3n) is 4.18. The molecule has 28 heavy (non-hydrogen) atoms. The van der Waals surface area contributed by atoms with Gasteiger partial charge in [-0.05, 0) is 55.4 Å². The summed E-state index contributed by atoms with van der Waals surface area (Å²) in [5.74, 6) is 0.817. The zero-order valence-corrected chi connectivity index (χ0v) is 17.8. The zero-order chi connectivity index (χ0) is 19.9. The summed E-state index contributed by atoms with van der Waals surface area (Å²) in [5, 5.41) is 5.84. The molecule has 0 saturated carbocycles. The first-order chi connectivity index (χ1) is 13.5. The number of carbonyl (C=O) groups excluding carboxylic acids is 1. The Hall–Kier alpha value is -2.16. The normalized spacial score (nSPS) is 15.7. The molecule has 1 amide bonds. The SMILES string of the molecule is COc1ccc(Br)cc1C(=O)NC(=S)Nc1cccc(OCC2CCCO2)c1. The molecule has 0 bridgehead atoms. The number of rotatable bonds is 6. The van der Waals surface area contributed by atoms with E-state index < -0.39 is 0 Å². The Bertz CT molecular complexity index is 856. The molecule has 1 fully saturated rings. The summed E-state index contributed by atoms with van der Waals surface area (Å²) in [6.07, 6.45) is 2.25. The van der Waals surface area contributed by atoms with Crippen LogP contribution < -0.4 is 20.1 Å². The van der Waals surface area contributed by atoms with Crippen LogP contribution in [0.15, 0.2) is 46.9 Å². The second-order valence-corrected chi connectivity index (χ2v) is 7.55. The van der Waals surface area contributed by atoms with Gasteiger partial charge >= 0.3 is 0 Å². The summed E-state index contributed by atoms with van der Waals surface area (Å²) in [6.45, 7) is 1.32. The van der Waals surface area contributed by atoms with Gasteiger partial charge in [-0.15, -0.1) is 0 Å². The molecule has 1 unspecified atom stereocenters. The van der Waals surface area contributed by atoms with E-state index in [9.17, 15) is 4.79 Å². The first kappa shape index (κ1) is 20.6. The highest BCUT2D eigenvalue weighted by molar-refractivity contribution is 9.10. The Labute approximate surface area is 177 Å². The highest BCUT2D eigenvalue weighted by Crippen LogP contribution is 2.23. The third-order valence-corrected chi connectivity index (χ3v) is 4.88. The maximum Gasteiger partial charge on any atom is 0.261 e. The topological polar surface area (TPSA) is 68.8 Å². The second kappa shape index (κ2) is 9.86. The quantitative estimate of drug-likeness (QED) is 0.626. The van der Waals surface area contributed by atoms with E-state index in [1.54, 1.807) is 18.2 Å². The lowest BCUT2D eigenvalue weighted by Gasteiger charge is -2.14. The summed E-state index contributed by atoms with van der Waals surface area (Å²) in [4.78, 5) is 12.5. The average Bonchev–Trinajstić information content (AvgIpc) is 3.20. The standard InChI is InChI=1S/C20H21BrN2O4S/c1-25-18-8-7-13(21)10-17(18)19(24)23-20(28)22-14-4-2-5-15(11-14)27-12-16-6-3-9-26-16/h2,4-5,7-8,10-11,16H,3,6,9,12H2,1H3,(H2,22,23,24,28). The van der Waals surface area contributed by atoms with E-state index in [-0.39, 0.29) is 17.1 Å². The van der Waals surface area contributed by atoms with E-state index in [1.807, 2.05) is 24.3 Å². The number of benzene rings is 2. The van der Waals surface area contributed by atoms with Gasteiger partial charge in [0.25, 0.3) is 5.91 Å². The number of amides is 1. The van der Waals surface area contributed by atoms with E-state index in [0.29, 0.717) is 23.7 Å². The van der Waals surface area contributed by atoms with Gasteiger partial charge in [0.1, 0.15) is 18.1 Å². The minimum absolute atomic E-state index is 0.150. The smallest absolute Gasteiger partial charge is 0.261 e. The van der Waals surface area contributed by atoms with E-state index in [2.05, 4.69) is 26.6 Å². The fraction of sp³-hybridized carbons (Fsp3) is 0.300. The first-order valence-corrected chi connectivity index (χ1v) is 10.1. The molecule has 1 heterocycles. The number of ether oxygens (including phenoxy) is 3. The molecule has 2 N–H and O–H groups in total. The van der Waals surface area contributed by atoms with Gasteiger partial charge in [0.05, 0.1) is 18.8 Å². The van der Waals surface area contributed by atoms with Crippen molar-refractivity contribution in [1.82, 2.24) is 5.32 Å². The molecule has 6 nitrogen and oxygen atoms in total. The van der Waals surface area contributed by atoms with E-state index >= 15 is 0 Å². The number of anilines is 1. The molecule has 2 aromatic carbocycles. The predicted molar refractivity (Wildman–Crippen MR) is 115 cm³/mol. The van der Waals surface area contributed by atoms with Crippen molar-refractivity contribution in [3.63, 3.8) is 0 Å². The lowest BCUT2D eigenvalue weighted by Crippen LogP contribution is -2.34. The monoisotopic (exact) mass is 464 g/mol. The van der Waals surface area contributed by atoms with E-state index in [4.69, 9.17) is 26.4 Å². The van der Waals surface area contributed by atoms with Gasteiger partial charge in [-0.1, -0.05) is 22.0 Å². The van der Waals surface area contributed by atoms with Crippen LogP contribution in [0.2, 0.25) is 0 Å². The first-order valence-electron chi connectivity index (χ1n) is 8.85. The maximum absolute atomic E-state index is 12.5. The molecule has 0 spiro atoms. The van der Waals surface area contributed by atoms with Crippen molar-refractivity contribution in [2.75, 3.05) is 25.6 Å². The van der Waals surface area contributed by atoms with Crippen LogP contribution in [0.1, 0.15) is 23.2 Å². The molecule has 0 aromatic heterocycles. The van der Waals surface area contributed by atoms with Crippen molar-refractivity contribution in [1.29, 1.82) is 0 Å². The van der Waals surface area contributed by atoms with Crippen molar-refractivity contribution in [2.24, 2.45) is 0 Å². The van der Waals surface area contributed by atoms with Gasteiger partial charge in [0.2, 0.25) is 0 Å². The summed E-state index contributed by atoms with van der Waals surface area (Å²) in [5.41, 5.74) is 1.10. The summed E-state index contributed by atoms with van der Waals surface area (Å²) < 4.78 is 17.4. The Balaban J connectivity index is 1.58. The number of hydrogen-bond donors (Lipinski definition) is 2. The highest BCUT2D eigenvalue weighted by Gasteiger charge is 2.16. The summed E-state index contributed by atoms with van der Waals surface area (Å²) >= 11 is 8.62. The molecular weight excluding hydrogens is 444 g/mol. The Morgan fingerprint density at radius 2 is 2.18 bits per heavy atom. The summed E-state index contributed by atoms with van der Waals surface area (Å²) in [6, 6.07) is 12.6. The summed E-state index contributed by atoms with van der Waals surface area (Å²) in [7, 11) is 1.51. The molecular formula is C20H21BrN2O4S. The number of thiocarbonyl (C=S) groups is 1. The number of carbonyl (C=O) groups is 1. The van der Waals surface area contributed by atoms with Crippen LogP contribution in [-0.4, -0.2) is 37.4 Å². The van der Waals surface area contributed by atoms with Crippen molar-refractivity contribution in [3.05, 3.63) is 52.5 Å². The van der Waals surface area contributed by atoms with E-state index in [1.165, 1.54) is 7.11 Å². The number of methoxy groups -OCH3 is 1. The fourth-order valence-corrected chi connectivity index (χ4v) is 3.39. The molecule has 1 aliphatic heterocycles. The second-order valence-electron chi connectivity index (χ2n) is 6.23. The minimum Gasteiger partial charge on any atom is -0.496 e. The van der Waals surface area contributed by atoms with Crippen LogP contribution in [0.25, 0.3) is 0 Å². The zero-order valence-electron chi connectivity index (χ0n) is 15.4. The van der Waals surface area contributed by atoms with Crippen LogP contribution >= 0.6 is 28.1 Å². The van der Waals surface area contributed by atoms with Gasteiger partial charge in [0, 0.05) is 22.8 Å². The van der Waals surface area contributed by atoms with Crippen LogP contribution in [0, 0.1) is 0 Å². The molecule has 1 atom stereocenters. The van der Waals surface area contributed by atoms with Crippen LogP contribution in [0.5, 0.6) is 11.5 Å². The van der Waals surface area contributed by atoms with Crippen LogP contribution in [-0.2, 0) is 4.74 Å². The van der Waals surface area contributed by atoms with Crippen LogP contribution in [0.3, 0.4) is 0 Å². The minimum atomic E-state index is -0.360. The molecule has 0 radical (unpaired) electrons. The van der Waals surface area contributed by atoms with Crippen molar-refractivity contribution in [2.45, 2.75) is 18.9 Å². The van der Waals surface area contributed by atoms with Gasteiger partial charge in [-0.25, -0.2) is 0 Å². The highest BCUT2D eigenvalue weighted by atomic mass is 79.9. The molecule has 8 heteroatoms. The average molecular weight is 465 g/mol. The van der Waals surface area contributed by atoms with Gasteiger partial charge in [0.15, 0.2) is 5.11 Å². The molecule has 1 saturated heterocycles. The van der Waals surface area contributed by atoms with Crippen molar-refractivity contribution < 1.29 is 19.0 Å². The Kier molecular flexibility index (Phi) is 7.24. The molecule has 0 aliphatic carbocycles. The maximum atomic E-state index is 12.5. The third kappa shape index (κ3) is 5.67. The van der Waals surface area contributed by atoms with Crippen molar-refractivity contribution in [3.8, 4) is 11.5 Å². The Morgan fingerprint density at radius 3 is 2.93 bits per heavy atom. The van der Waals surface area contributed by atoms with Gasteiger partial charge in [-0.3, -0.25) is 10.1 Å². The lowest BCUT2D eigenvalue weighted by molar-refractivity contribution is 0.0680. The molecule has 2 aromatic rings. The van der Waals surface area contributed by atoms with Gasteiger partial charge < -0.3 is 19.5 Å².